The van der Waals surface area contributed by atoms with Crippen LogP contribution in [0.2, 0.25) is 0 Å². The van der Waals surface area contributed by atoms with Gasteiger partial charge in [0.05, 0.1) is 18.6 Å². The Bertz CT molecular complexity index is 682. The number of benzene rings is 1. The van der Waals surface area contributed by atoms with E-state index in [0.29, 0.717) is 35.7 Å². The molecule has 1 heterocycles. The molecule has 2 N–H and O–H groups in total. The molecule has 1 aliphatic heterocycles. The molecule has 0 aromatic heterocycles. The molecule has 1 aromatic rings. The molecular formula is C20H27N3O2. The van der Waals surface area contributed by atoms with E-state index in [1.54, 1.807) is 13.2 Å². The second-order valence-electron chi connectivity index (χ2n) is 7.64. The van der Waals surface area contributed by atoms with Gasteiger partial charge in [0, 0.05) is 24.3 Å². The molecule has 1 saturated heterocycles. The van der Waals surface area contributed by atoms with Crippen LogP contribution in [-0.2, 0) is 4.79 Å². The highest BCUT2D eigenvalue weighted by molar-refractivity contribution is 5.80. The summed E-state index contributed by atoms with van der Waals surface area (Å²) in [6.45, 7) is 5.22. The lowest BCUT2D eigenvalue weighted by atomic mass is 9.68. The number of piperidine rings is 1. The number of carbonyl (C=O) groups excluding carboxylic acids is 1. The van der Waals surface area contributed by atoms with Crippen LogP contribution in [0.5, 0.6) is 5.75 Å². The van der Waals surface area contributed by atoms with E-state index in [-0.39, 0.29) is 11.8 Å². The molecule has 1 aromatic carbocycles. The average Bonchev–Trinajstić information content (AvgIpc) is 2.61. The van der Waals surface area contributed by atoms with E-state index in [9.17, 15) is 4.79 Å². The van der Waals surface area contributed by atoms with Gasteiger partial charge in [-0.3, -0.25) is 4.79 Å². The molecule has 2 fully saturated rings. The quantitative estimate of drug-likeness (QED) is 0.882. The molecule has 134 valence electrons. The maximum absolute atomic E-state index is 12.5. The Kier molecular flexibility index (Phi) is 5.17. The highest BCUT2D eigenvalue weighted by Crippen LogP contribution is 2.39. The van der Waals surface area contributed by atoms with E-state index in [4.69, 9.17) is 10.00 Å². The molecule has 1 amide bonds. The van der Waals surface area contributed by atoms with Crippen molar-refractivity contribution in [1.82, 2.24) is 5.32 Å². The second kappa shape index (κ2) is 7.35. The summed E-state index contributed by atoms with van der Waals surface area (Å²) in [6, 6.07) is 7.87. The van der Waals surface area contributed by atoms with E-state index in [1.807, 2.05) is 12.1 Å². The first kappa shape index (κ1) is 17.6. The molecule has 5 heteroatoms. The monoisotopic (exact) mass is 341 g/mol. The summed E-state index contributed by atoms with van der Waals surface area (Å²) in [6.07, 6.45) is 3.26. The van der Waals surface area contributed by atoms with Crippen LogP contribution in [0.3, 0.4) is 0 Å². The van der Waals surface area contributed by atoms with Gasteiger partial charge in [-0.25, -0.2) is 0 Å². The van der Waals surface area contributed by atoms with Crippen molar-refractivity contribution in [3.63, 3.8) is 0 Å². The van der Waals surface area contributed by atoms with Crippen LogP contribution >= 0.6 is 0 Å². The zero-order valence-electron chi connectivity index (χ0n) is 15.2. The summed E-state index contributed by atoms with van der Waals surface area (Å²) >= 11 is 0. The number of amides is 1. The van der Waals surface area contributed by atoms with Crippen molar-refractivity contribution in [2.75, 3.05) is 19.0 Å². The van der Waals surface area contributed by atoms with Gasteiger partial charge in [0.15, 0.2) is 0 Å². The Balaban J connectivity index is 1.62. The first-order valence-electron chi connectivity index (χ1n) is 9.14. The zero-order valence-corrected chi connectivity index (χ0v) is 15.2. The molecular weight excluding hydrogens is 314 g/mol. The molecule has 1 saturated carbocycles. The highest BCUT2D eigenvalue weighted by Gasteiger charge is 2.40. The largest absolute Gasteiger partial charge is 0.495 e. The standard InChI is InChI=1S/C20H27N3O2/c1-12-6-15-8-16(20(24)23-18(15)7-13(12)2)11-22-17-5-4-14(10-21)19(9-17)25-3/h4-5,9,12-13,15-16,18,22H,6-8,11H2,1-3H3,(H,23,24). The number of anilines is 1. The number of fused-ring (bicyclic) bond motifs is 1. The summed E-state index contributed by atoms with van der Waals surface area (Å²) < 4.78 is 5.24. The van der Waals surface area contributed by atoms with Gasteiger partial charge in [-0.15, -0.1) is 0 Å². The van der Waals surface area contributed by atoms with E-state index in [2.05, 4.69) is 30.6 Å². The Morgan fingerprint density at radius 3 is 2.76 bits per heavy atom. The fourth-order valence-corrected chi connectivity index (χ4v) is 4.22. The molecule has 5 atom stereocenters. The number of nitrogens with one attached hydrogen (secondary N) is 2. The summed E-state index contributed by atoms with van der Waals surface area (Å²) in [5.41, 5.74) is 1.38. The maximum atomic E-state index is 12.5. The number of hydrogen-bond acceptors (Lipinski definition) is 4. The molecule has 1 aliphatic carbocycles. The number of rotatable bonds is 4. The predicted molar refractivity (Wildman–Crippen MR) is 97.3 cm³/mol. The van der Waals surface area contributed by atoms with Gasteiger partial charge in [0.1, 0.15) is 11.8 Å². The normalized spacial score (nSPS) is 31.4. The molecule has 3 rings (SSSR count). The van der Waals surface area contributed by atoms with Crippen LogP contribution in [0.1, 0.15) is 38.7 Å². The lowest BCUT2D eigenvalue weighted by molar-refractivity contribution is -0.130. The molecule has 5 unspecified atom stereocenters. The minimum atomic E-state index is -0.0107. The van der Waals surface area contributed by atoms with Crippen molar-refractivity contribution in [3.05, 3.63) is 23.8 Å². The van der Waals surface area contributed by atoms with E-state index in [1.165, 1.54) is 6.42 Å². The topological polar surface area (TPSA) is 74.2 Å². The van der Waals surface area contributed by atoms with Crippen LogP contribution in [0.25, 0.3) is 0 Å². The van der Waals surface area contributed by atoms with Crippen molar-refractivity contribution >= 4 is 11.6 Å². The Morgan fingerprint density at radius 1 is 1.28 bits per heavy atom. The Morgan fingerprint density at radius 2 is 2.04 bits per heavy atom. The molecule has 0 bridgehead atoms. The van der Waals surface area contributed by atoms with Crippen molar-refractivity contribution in [1.29, 1.82) is 5.26 Å². The third kappa shape index (κ3) is 3.73. The van der Waals surface area contributed by atoms with Crippen LogP contribution in [0.4, 0.5) is 5.69 Å². The average molecular weight is 341 g/mol. The number of methoxy groups -OCH3 is 1. The van der Waals surface area contributed by atoms with Crippen LogP contribution < -0.4 is 15.4 Å². The van der Waals surface area contributed by atoms with E-state index >= 15 is 0 Å². The summed E-state index contributed by atoms with van der Waals surface area (Å²) in [5.74, 6) is 2.71. The van der Waals surface area contributed by atoms with Gasteiger partial charge in [0.2, 0.25) is 5.91 Å². The van der Waals surface area contributed by atoms with Gasteiger partial charge in [0.25, 0.3) is 0 Å². The van der Waals surface area contributed by atoms with Gasteiger partial charge in [-0.05, 0) is 49.1 Å². The summed E-state index contributed by atoms with van der Waals surface area (Å²) in [7, 11) is 1.56. The van der Waals surface area contributed by atoms with Crippen LogP contribution in [0.15, 0.2) is 18.2 Å². The highest BCUT2D eigenvalue weighted by atomic mass is 16.5. The van der Waals surface area contributed by atoms with Crippen molar-refractivity contribution in [2.24, 2.45) is 23.7 Å². The minimum absolute atomic E-state index is 0.0107. The summed E-state index contributed by atoms with van der Waals surface area (Å²) in [4.78, 5) is 12.5. The second-order valence-corrected chi connectivity index (χ2v) is 7.64. The minimum Gasteiger partial charge on any atom is -0.495 e. The summed E-state index contributed by atoms with van der Waals surface area (Å²) in [5, 5.41) is 15.6. The smallest absolute Gasteiger partial charge is 0.225 e. The maximum Gasteiger partial charge on any atom is 0.225 e. The van der Waals surface area contributed by atoms with Gasteiger partial charge >= 0.3 is 0 Å². The van der Waals surface area contributed by atoms with E-state index < -0.39 is 0 Å². The third-order valence-corrected chi connectivity index (χ3v) is 6.00. The molecule has 5 nitrogen and oxygen atoms in total. The first-order chi connectivity index (χ1) is 12.0. The van der Waals surface area contributed by atoms with Crippen molar-refractivity contribution in [2.45, 2.75) is 39.2 Å². The van der Waals surface area contributed by atoms with Crippen LogP contribution in [0, 0.1) is 35.0 Å². The zero-order chi connectivity index (χ0) is 18.0. The van der Waals surface area contributed by atoms with Gasteiger partial charge in [-0.2, -0.15) is 5.26 Å². The third-order valence-electron chi connectivity index (χ3n) is 6.00. The van der Waals surface area contributed by atoms with Crippen LogP contribution in [-0.4, -0.2) is 25.6 Å². The molecule has 25 heavy (non-hydrogen) atoms. The Hall–Kier alpha value is -2.22. The number of ether oxygens (including phenoxy) is 1. The first-order valence-corrected chi connectivity index (χ1v) is 9.14. The number of nitrogens with zero attached hydrogens (tertiary/aromatic N) is 1. The lowest BCUT2D eigenvalue weighted by Crippen LogP contribution is -2.54. The number of carbonyl (C=O) groups is 1. The van der Waals surface area contributed by atoms with Gasteiger partial charge < -0.3 is 15.4 Å². The van der Waals surface area contributed by atoms with Crippen molar-refractivity contribution in [3.8, 4) is 11.8 Å². The van der Waals surface area contributed by atoms with Crippen molar-refractivity contribution < 1.29 is 9.53 Å². The number of hydrogen-bond donors (Lipinski definition) is 2. The SMILES string of the molecule is COc1cc(NCC2CC3CC(C)C(C)CC3NC2=O)ccc1C#N. The number of nitriles is 1. The van der Waals surface area contributed by atoms with Gasteiger partial charge in [-0.1, -0.05) is 13.8 Å². The van der Waals surface area contributed by atoms with E-state index in [0.717, 1.165) is 24.4 Å². The fourth-order valence-electron chi connectivity index (χ4n) is 4.22. The lowest BCUT2D eigenvalue weighted by Gasteiger charge is -2.44. The predicted octanol–water partition coefficient (Wildman–Crippen LogP) is 3.17. The fraction of sp³-hybridized carbons (Fsp3) is 0.600. The Labute approximate surface area is 149 Å². The molecule has 2 aliphatic rings. The molecule has 0 spiro atoms. The molecule has 0 radical (unpaired) electrons.